The Morgan fingerprint density at radius 1 is 1.31 bits per heavy atom. The van der Waals surface area contributed by atoms with Crippen LogP contribution in [-0.4, -0.2) is 56.3 Å². The number of ether oxygens (including phenoxy) is 1. The Morgan fingerprint density at radius 3 is 2.78 bits per heavy atom. The van der Waals surface area contributed by atoms with Crippen LogP contribution in [0.3, 0.4) is 0 Å². The lowest BCUT2D eigenvalue weighted by Crippen LogP contribution is -2.38. The number of thiazole rings is 1. The van der Waals surface area contributed by atoms with Crippen molar-refractivity contribution in [1.82, 2.24) is 24.6 Å². The number of anilines is 1. The van der Waals surface area contributed by atoms with E-state index in [0.717, 1.165) is 40.1 Å². The Hall–Kier alpha value is -3.45. The van der Waals surface area contributed by atoms with Crippen LogP contribution in [0.5, 0.6) is 0 Å². The molecule has 9 nitrogen and oxygen atoms in total. The molecule has 3 aromatic heterocycles. The van der Waals surface area contributed by atoms with Gasteiger partial charge in [0.1, 0.15) is 5.69 Å². The average molecular weight is 453 g/mol. The molecule has 10 heteroatoms. The van der Waals surface area contributed by atoms with Gasteiger partial charge in [0.2, 0.25) is 0 Å². The van der Waals surface area contributed by atoms with Crippen LogP contribution in [0.25, 0.3) is 11.0 Å². The second-order valence-electron chi connectivity index (χ2n) is 7.80. The summed E-state index contributed by atoms with van der Waals surface area (Å²) in [4.78, 5) is 35.5. The Labute approximate surface area is 189 Å². The summed E-state index contributed by atoms with van der Waals surface area (Å²) in [5, 5.41) is 10.8. The minimum atomic E-state index is -0.386. The summed E-state index contributed by atoms with van der Waals surface area (Å²) in [7, 11) is 1.81. The maximum atomic E-state index is 12.9. The van der Waals surface area contributed by atoms with E-state index in [9.17, 15) is 9.59 Å². The zero-order chi connectivity index (χ0) is 22.8. The molecule has 1 aliphatic heterocycles. The number of terminal acetylenes is 1. The molecule has 0 atom stereocenters. The zero-order valence-electron chi connectivity index (χ0n) is 18.2. The van der Waals surface area contributed by atoms with E-state index < -0.39 is 0 Å². The molecule has 32 heavy (non-hydrogen) atoms. The molecule has 3 aromatic rings. The molecule has 1 saturated heterocycles. The lowest BCUT2D eigenvalue weighted by Gasteiger charge is -2.30. The maximum absolute atomic E-state index is 12.9. The van der Waals surface area contributed by atoms with Gasteiger partial charge in [0.25, 0.3) is 5.91 Å². The van der Waals surface area contributed by atoms with Crippen LogP contribution in [-0.2, 0) is 11.8 Å². The number of hydrogen-bond donors (Lipinski definition) is 1. The highest BCUT2D eigenvalue weighted by molar-refractivity contribution is 7.10. The lowest BCUT2D eigenvalue weighted by atomic mass is 9.98. The second-order valence-corrected chi connectivity index (χ2v) is 8.69. The van der Waals surface area contributed by atoms with Crippen molar-refractivity contribution in [3.8, 4) is 12.3 Å². The van der Waals surface area contributed by atoms with E-state index in [-0.39, 0.29) is 24.5 Å². The van der Waals surface area contributed by atoms with Gasteiger partial charge in [-0.1, -0.05) is 5.92 Å². The molecule has 166 valence electrons. The molecule has 0 spiro atoms. The topological polar surface area (TPSA) is 102 Å². The number of pyridine rings is 1. The van der Waals surface area contributed by atoms with Gasteiger partial charge < -0.3 is 15.0 Å². The average Bonchev–Trinajstić information content (AvgIpc) is 3.38. The number of nitrogens with zero attached hydrogens (tertiary/aromatic N) is 5. The van der Waals surface area contributed by atoms with Crippen molar-refractivity contribution in [2.24, 2.45) is 7.05 Å². The van der Waals surface area contributed by atoms with Crippen LogP contribution in [0.15, 0.2) is 11.4 Å². The van der Waals surface area contributed by atoms with Crippen molar-refractivity contribution in [1.29, 1.82) is 0 Å². The van der Waals surface area contributed by atoms with Crippen LogP contribution in [0.2, 0.25) is 0 Å². The zero-order valence-corrected chi connectivity index (χ0v) is 19.0. The molecule has 0 aromatic carbocycles. The van der Waals surface area contributed by atoms with Gasteiger partial charge in [-0.05, 0) is 38.3 Å². The number of aryl methyl sites for hydroxylation is 3. The molecule has 2 amide bonds. The first-order valence-electron chi connectivity index (χ1n) is 10.3. The van der Waals surface area contributed by atoms with Crippen molar-refractivity contribution >= 4 is 40.2 Å². The number of nitrogens with one attached hydrogen (secondary N) is 1. The Morgan fingerprint density at radius 2 is 2.06 bits per heavy atom. The number of fused-ring (bicyclic) bond motifs is 1. The summed E-state index contributed by atoms with van der Waals surface area (Å²) in [5.74, 6) is 2.67. The summed E-state index contributed by atoms with van der Waals surface area (Å²) in [6.07, 6.45) is 6.26. The van der Waals surface area contributed by atoms with Gasteiger partial charge in [-0.2, -0.15) is 5.10 Å². The maximum Gasteiger partial charge on any atom is 0.410 e. The monoisotopic (exact) mass is 452 g/mol. The molecule has 4 rings (SSSR count). The number of carbonyl (C=O) groups is 2. The third-order valence-corrected chi connectivity index (χ3v) is 6.49. The first kappa shape index (κ1) is 21.8. The molecule has 0 aliphatic carbocycles. The molecule has 0 saturated carbocycles. The normalized spacial score (nSPS) is 14.4. The van der Waals surface area contributed by atoms with Crippen LogP contribution >= 0.6 is 11.3 Å². The molecule has 1 fully saturated rings. The van der Waals surface area contributed by atoms with E-state index >= 15 is 0 Å². The highest BCUT2D eigenvalue weighted by Crippen LogP contribution is 2.31. The lowest BCUT2D eigenvalue weighted by molar-refractivity contribution is 0.102. The summed E-state index contributed by atoms with van der Waals surface area (Å²) in [5.41, 5.74) is 2.99. The van der Waals surface area contributed by atoms with E-state index in [1.54, 1.807) is 22.0 Å². The van der Waals surface area contributed by atoms with E-state index in [0.29, 0.717) is 24.6 Å². The van der Waals surface area contributed by atoms with Crippen molar-refractivity contribution in [2.75, 3.05) is 25.0 Å². The molecule has 0 radical (unpaired) electrons. The van der Waals surface area contributed by atoms with Crippen molar-refractivity contribution in [2.45, 2.75) is 32.6 Å². The van der Waals surface area contributed by atoms with Gasteiger partial charge in [0.05, 0.1) is 10.4 Å². The first-order valence-corrected chi connectivity index (χ1v) is 11.2. The van der Waals surface area contributed by atoms with Gasteiger partial charge in [-0.3, -0.25) is 4.79 Å². The van der Waals surface area contributed by atoms with Crippen molar-refractivity contribution < 1.29 is 14.3 Å². The Bertz CT molecular complexity index is 1220. The molecular weight excluding hydrogens is 428 g/mol. The molecule has 0 unspecified atom stereocenters. The standard InChI is InChI=1S/C22H24N6O3S/c1-5-10-31-22(30)28-8-6-15(7-9-28)21-24-16(12-32-21)20(29)25-18-17-13(2)11-14(3)23-19(17)27(4)26-18/h1,11-12,15H,6-10H2,2-4H3,(H,25,26,29). The summed E-state index contributed by atoms with van der Waals surface area (Å²) in [6, 6.07) is 1.97. The van der Waals surface area contributed by atoms with Gasteiger partial charge in [0.15, 0.2) is 18.1 Å². The molecular formula is C22H24N6O3S. The predicted molar refractivity (Wildman–Crippen MR) is 122 cm³/mol. The Kier molecular flexibility index (Phi) is 6.10. The fourth-order valence-corrected chi connectivity index (χ4v) is 4.90. The van der Waals surface area contributed by atoms with Gasteiger partial charge >= 0.3 is 6.09 Å². The quantitative estimate of drug-likeness (QED) is 0.610. The number of amides is 2. The SMILES string of the molecule is C#CCOC(=O)N1CCC(c2nc(C(=O)Nc3nn(C)c4nc(C)cc(C)c34)cs2)CC1. The van der Waals surface area contributed by atoms with Crippen LogP contribution in [0.4, 0.5) is 10.6 Å². The first-order chi connectivity index (χ1) is 15.4. The number of hydrogen-bond acceptors (Lipinski definition) is 7. The van der Waals surface area contributed by atoms with E-state index in [4.69, 9.17) is 11.2 Å². The van der Waals surface area contributed by atoms with Gasteiger partial charge in [-0.25, -0.2) is 19.4 Å². The number of carbonyl (C=O) groups excluding carboxylic acids is 2. The van der Waals surface area contributed by atoms with E-state index in [1.807, 2.05) is 19.9 Å². The minimum Gasteiger partial charge on any atom is -0.436 e. The summed E-state index contributed by atoms with van der Waals surface area (Å²) in [6.45, 7) is 5.02. The van der Waals surface area contributed by atoms with Gasteiger partial charge in [0, 0.05) is 37.1 Å². The Balaban J connectivity index is 1.43. The van der Waals surface area contributed by atoms with Gasteiger partial charge in [-0.15, -0.1) is 17.8 Å². The molecule has 1 aliphatic rings. The third kappa shape index (κ3) is 4.29. The molecule has 4 heterocycles. The fraction of sp³-hybridized carbons (Fsp3) is 0.409. The number of piperidine rings is 1. The van der Waals surface area contributed by atoms with Crippen LogP contribution in [0, 0.1) is 26.2 Å². The largest absolute Gasteiger partial charge is 0.436 e. The summed E-state index contributed by atoms with van der Waals surface area (Å²) >= 11 is 1.46. The highest BCUT2D eigenvalue weighted by atomic mass is 32.1. The van der Waals surface area contributed by atoms with Crippen LogP contribution in [0.1, 0.15) is 45.5 Å². The van der Waals surface area contributed by atoms with E-state index in [2.05, 4.69) is 26.3 Å². The third-order valence-electron chi connectivity index (χ3n) is 5.49. The number of rotatable bonds is 4. The highest BCUT2D eigenvalue weighted by Gasteiger charge is 2.27. The molecule has 0 bridgehead atoms. The number of likely N-dealkylation sites (tertiary alicyclic amines) is 1. The number of aromatic nitrogens is 4. The van der Waals surface area contributed by atoms with E-state index in [1.165, 1.54) is 11.3 Å². The minimum absolute atomic E-state index is 0.0233. The van der Waals surface area contributed by atoms with Crippen LogP contribution < -0.4 is 5.32 Å². The molecule has 1 N–H and O–H groups in total. The second kappa shape index (κ2) is 8.96. The fourth-order valence-electron chi connectivity index (χ4n) is 3.93. The predicted octanol–water partition coefficient (Wildman–Crippen LogP) is 3.24. The summed E-state index contributed by atoms with van der Waals surface area (Å²) < 4.78 is 6.65. The smallest absolute Gasteiger partial charge is 0.410 e. The van der Waals surface area contributed by atoms with Crippen molar-refractivity contribution in [3.05, 3.63) is 33.4 Å². The van der Waals surface area contributed by atoms with Crippen molar-refractivity contribution in [3.63, 3.8) is 0 Å².